The van der Waals surface area contributed by atoms with Crippen LogP contribution in [0.2, 0.25) is 0 Å². The molecule has 3 rings (SSSR count). The number of carbonyl (C=O) groups excluding carboxylic acids is 3. The topological polar surface area (TPSA) is 93.7 Å². The van der Waals surface area contributed by atoms with E-state index in [1.807, 2.05) is 13.0 Å². The monoisotopic (exact) mass is 368 g/mol. The molecule has 0 atom stereocenters. The summed E-state index contributed by atoms with van der Waals surface area (Å²) in [6, 6.07) is 10.2. The smallest absolute Gasteiger partial charge is 0.337 e. The van der Waals surface area contributed by atoms with Gasteiger partial charge in [-0.05, 0) is 54.8 Å². The molecule has 7 nitrogen and oxygen atoms in total. The third-order valence-corrected chi connectivity index (χ3v) is 4.27. The Kier molecular flexibility index (Phi) is 5.40. The third-order valence-electron chi connectivity index (χ3n) is 4.27. The fourth-order valence-electron chi connectivity index (χ4n) is 2.79. The number of nitrogens with one attached hydrogen (secondary N) is 2. The highest BCUT2D eigenvalue weighted by Gasteiger charge is 2.16. The molecule has 2 aromatic rings. The minimum absolute atomic E-state index is 0.0000935. The SMILES string of the molecule is COC(=O)c1ccc(C)c(NC(=O)COc2ccc3c(c2)CCC(=O)N3)c1. The standard InChI is InChI=1S/C20H20N2O5/c1-12-3-4-14(20(25)26-2)10-17(12)22-19(24)11-27-15-6-7-16-13(9-15)5-8-18(23)21-16/h3-4,6-7,9-10H,5,8,11H2,1-2H3,(H,21,23)(H,22,24). The van der Waals surface area contributed by atoms with Crippen LogP contribution >= 0.6 is 0 Å². The quantitative estimate of drug-likeness (QED) is 0.792. The van der Waals surface area contributed by atoms with Gasteiger partial charge in [0, 0.05) is 17.8 Å². The molecular formula is C20H20N2O5. The number of aryl methyl sites for hydroxylation is 2. The Hall–Kier alpha value is -3.35. The average molecular weight is 368 g/mol. The number of hydrogen-bond acceptors (Lipinski definition) is 5. The molecule has 140 valence electrons. The van der Waals surface area contributed by atoms with Crippen LogP contribution in [0.1, 0.15) is 27.9 Å². The van der Waals surface area contributed by atoms with Gasteiger partial charge in [0.15, 0.2) is 6.61 Å². The summed E-state index contributed by atoms with van der Waals surface area (Å²) in [5.41, 5.74) is 3.46. The van der Waals surface area contributed by atoms with Crippen molar-refractivity contribution >= 4 is 29.2 Å². The van der Waals surface area contributed by atoms with Gasteiger partial charge in [-0.15, -0.1) is 0 Å². The maximum absolute atomic E-state index is 12.2. The predicted octanol–water partition coefficient (Wildman–Crippen LogP) is 2.68. The van der Waals surface area contributed by atoms with Crippen LogP contribution in [0.3, 0.4) is 0 Å². The molecule has 1 aliphatic rings. The number of esters is 1. The van der Waals surface area contributed by atoms with E-state index < -0.39 is 5.97 Å². The van der Waals surface area contributed by atoms with Crippen molar-refractivity contribution in [3.63, 3.8) is 0 Å². The van der Waals surface area contributed by atoms with Gasteiger partial charge in [0.25, 0.3) is 5.91 Å². The number of methoxy groups -OCH3 is 1. The first-order chi connectivity index (χ1) is 13.0. The molecule has 2 aromatic carbocycles. The molecule has 0 fully saturated rings. The molecule has 0 unspecified atom stereocenters. The Bertz CT molecular complexity index is 907. The fraction of sp³-hybridized carbons (Fsp3) is 0.250. The second kappa shape index (κ2) is 7.90. The lowest BCUT2D eigenvalue weighted by molar-refractivity contribution is -0.118. The Morgan fingerprint density at radius 2 is 1.96 bits per heavy atom. The zero-order chi connectivity index (χ0) is 19.4. The fourth-order valence-corrected chi connectivity index (χ4v) is 2.79. The number of anilines is 2. The molecule has 1 aliphatic heterocycles. The van der Waals surface area contributed by atoms with E-state index in [1.165, 1.54) is 7.11 Å². The second-order valence-corrected chi connectivity index (χ2v) is 6.23. The molecule has 2 N–H and O–H groups in total. The molecule has 2 amide bonds. The Balaban J connectivity index is 1.62. The van der Waals surface area contributed by atoms with Crippen molar-refractivity contribution in [3.05, 3.63) is 53.1 Å². The van der Waals surface area contributed by atoms with Crippen LogP contribution < -0.4 is 15.4 Å². The number of hydrogen-bond donors (Lipinski definition) is 2. The van der Waals surface area contributed by atoms with Crippen LogP contribution in [-0.4, -0.2) is 31.5 Å². The highest BCUT2D eigenvalue weighted by atomic mass is 16.5. The van der Waals surface area contributed by atoms with Crippen molar-refractivity contribution in [2.75, 3.05) is 24.4 Å². The maximum Gasteiger partial charge on any atom is 0.337 e. The number of amides is 2. The number of benzene rings is 2. The summed E-state index contributed by atoms with van der Waals surface area (Å²) in [6.45, 7) is 1.66. The molecule has 0 spiro atoms. The van der Waals surface area contributed by atoms with Gasteiger partial charge >= 0.3 is 5.97 Å². The van der Waals surface area contributed by atoms with Crippen molar-refractivity contribution in [1.29, 1.82) is 0 Å². The average Bonchev–Trinajstić information content (AvgIpc) is 2.67. The van der Waals surface area contributed by atoms with E-state index in [1.54, 1.807) is 30.3 Å². The van der Waals surface area contributed by atoms with Gasteiger partial charge < -0.3 is 20.1 Å². The zero-order valence-corrected chi connectivity index (χ0v) is 15.1. The van der Waals surface area contributed by atoms with E-state index >= 15 is 0 Å². The van der Waals surface area contributed by atoms with Crippen LogP contribution in [0.25, 0.3) is 0 Å². The third kappa shape index (κ3) is 4.44. The highest BCUT2D eigenvalue weighted by Crippen LogP contribution is 2.26. The zero-order valence-electron chi connectivity index (χ0n) is 15.1. The Labute approximate surface area is 156 Å². The van der Waals surface area contributed by atoms with E-state index in [0.29, 0.717) is 29.8 Å². The van der Waals surface area contributed by atoms with E-state index in [0.717, 1.165) is 16.8 Å². The minimum Gasteiger partial charge on any atom is -0.484 e. The van der Waals surface area contributed by atoms with Gasteiger partial charge in [-0.3, -0.25) is 9.59 Å². The number of fused-ring (bicyclic) bond motifs is 1. The van der Waals surface area contributed by atoms with Crippen LogP contribution in [0.5, 0.6) is 5.75 Å². The van der Waals surface area contributed by atoms with E-state index in [2.05, 4.69) is 10.6 Å². The van der Waals surface area contributed by atoms with Gasteiger partial charge in [0.1, 0.15) is 5.75 Å². The molecule has 0 saturated heterocycles. The van der Waals surface area contributed by atoms with E-state index in [-0.39, 0.29) is 18.4 Å². The number of rotatable bonds is 5. The summed E-state index contributed by atoms with van der Waals surface area (Å²) in [5, 5.41) is 5.54. The lowest BCUT2D eigenvalue weighted by atomic mass is 10.0. The molecule has 0 saturated carbocycles. The minimum atomic E-state index is -0.470. The van der Waals surface area contributed by atoms with E-state index in [9.17, 15) is 14.4 Å². The molecular weight excluding hydrogens is 348 g/mol. The van der Waals surface area contributed by atoms with Gasteiger partial charge in [-0.2, -0.15) is 0 Å². The van der Waals surface area contributed by atoms with E-state index in [4.69, 9.17) is 9.47 Å². The summed E-state index contributed by atoms with van der Waals surface area (Å²) in [6.07, 6.45) is 1.08. The number of carbonyl (C=O) groups is 3. The van der Waals surface area contributed by atoms with Crippen molar-refractivity contribution in [2.24, 2.45) is 0 Å². The summed E-state index contributed by atoms with van der Waals surface area (Å²) in [7, 11) is 1.30. The lowest BCUT2D eigenvalue weighted by Gasteiger charge is -2.17. The van der Waals surface area contributed by atoms with Gasteiger partial charge in [-0.25, -0.2) is 4.79 Å². The number of ether oxygens (including phenoxy) is 2. The molecule has 27 heavy (non-hydrogen) atoms. The van der Waals surface area contributed by atoms with Crippen molar-refractivity contribution in [1.82, 2.24) is 0 Å². The maximum atomic E-state index is 12.2. The Morgan fingerprint density at radius 3 is 2.74 bits per heavy atom. The van der Waals surface area contributed by atoms with Crippen LogP contribution in [0, 0.1) is 6.92 Å². The summed E-state index contributed by atoms with van der Waals surface area (Å²) in [5.74, 6) is -0.255. The highest BCUT2D eigenvalue weighted by molar-refractivity contribution is 5.96. The second-order valence-electron chi connectivity index (χ2n) is 6.23. The summed E-state index contributed by atoms with van der Waals surface area (Å²) >= 11 is 0. The molecule has 0 bridgehead atoms. The van der Waals surface area contributed by atoms with Crippen LogP contribution in [0.15, 0.2) is 36.4 Å². The normalized spacial score (nSPS) is 12.6. The predicted molar refractivity (Wildman–Crippen MR) is 100 cm³/mol. The molecule has 0 aliphatic carbocycles. The van der Waals surface area contributed by atoms with Crippen LogP contribution in [0.4, 0.5) is 11.4 Å². The lowest BCUT2D eigenvalue weighted by Crippen LogP contribution is -2.21. The van der Waals surface area contributed by atoms with Gasteiger partial charge in [0.05, 0.1) is 12.7 Å². The van der Waals surface area contributed by atoms with Gasteiger partial charge in [0.2, 0.25) is 5.91 Å². The van der Waals surface area contributed by atoms with Crippen molar-refractivity contribution in [3.8, 4) is 5.75 Å². The molecule has 0 aromatic heterocycles. The van der Waals surface area contributed by atoms with Crippen LogP contribution in [-0.2, 0) is 20.7 Å². The molecule has 7 heteroatoms. The first kappa shape index (κ1) is 18.4. The first-order valence-electron chi connectivity index (χ1n) is 8.50. The summed E-state index contributed by atoms with van der Waals surface area (Å²) in [4.78, 5) is 35.2. The first-order valence-corrected chi connectivity index (χ1v) is 8.50. The Morgan fingerprint density at radius 1 is 1.15 bits per heavy atom. The van der Waals surface area contributed by atoms with Crippen molar-refractivity contribution < 1.29 is 23.9 Å². The van der Waals surface area contributed by atoms with Crippen molar-refractivity contribution in [2.45, 2.75) is 19.8 Å². The largest absolute Gasteiger partial charge is 0.484 e. The summed E-state index contributed by atoms with van der Waals surface area (Å²) < 4.78 is 10.2. The molecule has 0 radical (unpaired) electrons. The van der Waals surface area contributed by atoms with Gasteiger partial charge in [-0.1, -0.05) is 6.07 Å². The molecule has 1 heterocycles.